The fourth-order valence-electron chi connectivity index (χ4n) is 3.85. The molecule has 30 heavy (non-hydrogen) atoms. The van der Waals surface area contributed by atoms with Crippen LogP contribution in [-0.2, 0) is 19.5 Å². The van der Waals surface area contributed by atoms with E-state index in [9.17, 15) is 4.79 Å². The highest BCUT2D eigenvalue weighted by molar-refractivity contribution is 7.15. The Morgan fingerprint density at radius 2 is 1.97 bits per heavy atom. The molecule has 7 heteroatoms. The van der Waals surface area contributed by atoms with Gasteiger partial charge in [-0.2, -0.15) is 0 Å². The van der Waals surface area contributed by atoms with Gasteiger partial charge in [-0.1, -0.05) is 42.5 Å². The molecule has 0 radical (unpaired) electrons. The average molecular weight is 416 g/mol. The molecule has 0 fully saturated rings. The molecule has 0 saturated heterocycles. The maximum atomic E-state index is 11.8. The normalized spacial score (nSPS) is 13.2. The second kappa shape index (κ2) is 7.85. The van der Waals surface area contributed by atoms with Gasteiger partial charge >= 0.3 is 0 Å². The summed E-state index contributed by atoms with van der Waals surface area (Å²) in [6, 6.07) is 15.9. The number of benzene rings is 2. The lowest BCUT2D eigenvalue weighted by Gasteiger charge is -2.20. The smallest absolute Gasteiger partial charge is 0.249 e. The van der Waals surface area contributed by atoms with Crippen LogP contribution in [0.1, 0.15) is 27.2 Å². The van der Waals surface area contributed by atoms with Crippen LogP contribution in [0.25, 0.3) is 21.5 Å². The molecule has 0 atom stereocenters. The molecule has 5 rings (SSSR count). The SMILES string of the molecule is NC(=O)c1cccc2c(-c3nc4c(c(NCc5ccccc5)n3)CCNC4)scc12. The third-order valence-electron chi connectivity index (χ3n) is 5.35. The molecule has 4 aromatic rings. The third-order valence-corrected chi connectivity index (χ3v) is 6.35. The van der Waals surface area contributed by atoms with E-state index in [0.29, 0.717) is 17.9 Å². The van der Waals surface area contributed by atoms with E-state index in [4.69, 9.17) is 15.7 Å². The van der Waals surface area contributed by atoms with Crippen molar-refractivity contribution in [2.75, 3.05) is 11.9 Å². The minimum absolute atomic E-state index is 0.425. The van der Waals surface area contributed by atoms with Crippen LogP contribution in [0.3, 0.4) is 0 Å². The van der Waals surface area contributed by atoms with Gasteiger partial charge in [-0.05, 0) is 24.6 Å². The van der Waals surface area contributed by atoms with E-state index < -0.39 is 5.91 Å². The summed E-state index contributed by atoms with van der Waals surface area (Å²) in [7, 11) is 0. The number of nitrogens with zero attached hydrogens (tertiary/aromatic N) is 2. The van der Waals surface area contributed by atoms with E-state index in [2.05, 4.69) is 22.8 Å². The first-order valence-electron chi connectivity index (χ1n) is 9.89. The summed E-state index contributed by atoms with van der Waals surface area (Å²) in [5, 5.41) is 10.7. The first-order chi connectivity index (χ1) is 14.7. The number of hydrogen-bond acceptors (Lipinski definition) is 6. The summed E-state index contributed by atoms with van der Waals surface area (Å²) in [6.07, 6.45) is 0.893. The van der Waals surface area contributed by atoms with Gasteiger partial charge in [0.2, 0.25) is 5.91 Å². The van der Waals surface area contributed by atoms with Gasteiger partial charge < -0.3 is 16.4 Å². The van der Waals surface area contributed by atoms with E-state index in [0.717, 1.165) is 46.7 Å². The van der Waals surface area contributed by atoms with Crippen LogP contribution in [0.15, 0.2) is 53.9 Å². The van der Waals surface area contributed by atoms with Crippen molar-refractivity contribution in [1.82, 2.24) is 15.3 Å². The number of nitrogens with two attached hydrogens (primary N) is 1. The van der Waals surface area contributed by atoms with E-state index in [1.807, 2.05) is 35.7 Å². The van der Waals surface area contributed by atoms with Crippen molar-refractivity contribution in [1.29, 1.82) is 0 Å². The molecule has 3 heterocycles. The van der Waals surface area contributed by atoms with Crippen LogP contribution < -0.4 is 16.4 Å². The highest BCUT2D eigenvalue weighted by Gasteiger charge is 2.21. The quantitative estimate of drug-likeness (QED) is 0.462. The van der Waals surface area contributed by atoms with E-state index in [1.165, 1.54) is 11.1 Å². The number of carbonyl (C=O) groups excluding carboxylic acids is 1. The fourth-order valence-corrected chi connectivity index (χ4v) is 4.84. The van der Waals surface area contributed by atoms with Gasteiger partial charge in [0.15, 0.2) is 5.82 Å². The molecule has 4 N–H and O–H groups in total. The molecule has 0 unspecified atom stereocenters. The predicted octanol–water partition coefficient (Wildman–Crippen LogP) is 3.72. The van der Waals surface area contributed by atoms with Crippen LogP contribution in [0, 0.1) is 0 Å². The Labute approximate surface area is 178 Å². The molecule has 0 aliphatic carbocycles. The van der Waals surface area contributed by atoms with Gasteiger partial charge in [-0.3, -0.25) is 4.79 Å². The topological polar surface area (TPSA) is 92.9 Å². The molecular weight excluding hydrogens is 394 g/mol. The molecule has 2 aromatic carbocycles. The lowest BCUT2D eigenvalue weighted by atomic mass is 10.1. The van der Waals surface area contributed by atoms with Crippen molar-refractivity contribution in [3.05, 3.63) is 76.3 Å². The lowest BCUT2D eigenvalue weighted by molar-refractivity contribution is 0.100. The molecule has 0 spiro atoms. The van der Waals surface area contributed by atoms with Crippen LogP contribution in [0.2, 0.25) is 0 Å². The third kappa shape index (κ3) is 3.42. The summed E-state index contributed by atoms with van der Waals surface area (Å²) in [6.45, 7) is 2.34. The summed E-state index contributed by atoms with van der Waals surface area (Å²) < 4.78 is 0. The predicted molar refractivity (Wildman–Crippen MR) is 121 cm³/mol. The Kier molecular flexibility index (Phi) is 4.90. The molecule has 0 bridgehead atoms. The number of anilines is 1. The summed E-state index contributed by atoms with van der Waals surface area (Å²) >= 11 is 1.54. The standard InChI is InChI=1S/C23H21N5OS/c24-21(29)16-8-4-7-15-18(16)13-30-20(15)23-27-19-12-25-10-9-17(19)22(28-23)26-11-14-5-2-1-3-6-14/h1-8,13,25H,9-12H2,(H2,24,29)(H,26,27,28). The number of amides is 1. The van der Waals surface area contributed by atoms with E-state index in [1.54, 1.807) is 17.4 Å². The van der Waals surface area contributed by atoms with Gasteiger partial charge in [0.05, 0.1) is 10.6 Å². The number of carbonyl (C=O) groups is 1. The Hall–Kier alpha value is -3.29. The molecule has 6 nitrogen and oxygen atoms in total. The minimum atomic E-state index is -0.425. The Balaban J connectivity index is 1.58. The highest BCUT2D eigenvalue weighted by Crippen LogP contribution is 2.36. The molecule has 1 aliphatic rings. The maximum Gasteiger partial charge on any atom is 0.249 e. The fraction of sp³-hybridized carbons (Fsp3) is 0.174. The van der Waals surface area contributed by atoms with Crippen molar-refractivity contribution in [3.63, 3.8) is 0 Å². The van der Waals surface area contributed by atoms with Gasteiger partial charge in [-0.25, -0.2) is 9.97 Å². The number of aromatic nitrogens is 2. The zero-order chi connectivity index (χ0) is 20.5. The van der Waals surface area contributed by atoms with E-state index in [-0.39, 0.29) is 0 Å². The second-order valence-electron chi connectivity index (χ2n) is 7.28. The largest absolute Gasteiger partial charge is 0.366 e. The van der Waals surface area contributed by atoms with Crippen LogP contribution in [0.4, 0.5) is 5.82 Å². The number of nitrogens with one attached hydrogen (secondary N) is 2. The minimum Gasteiger partial charge on any atom is -0.366 e. The van der Waals surface area contributed by atoms with Crippen molar-refractivity contribution in [3.8, 4) is 10.7 Å². The van der Waals surface area contributed by atoms with Gasteiger partial charge in [0, 0.05) is 40.4 Å². The zero-order valence-corrected chi connectivity index (χ0v) is 17.1. The van der Waals surface area contributed by atoms with Crippen LogP contribution in [0.5, 0.6) is 0 Å². The Bertz CT molecular complexity index is 1240. The number of hydrogen-bond donors (Lipinski definition) is 3. The number of rotatable bonds is 5. The molecule has 150 valence electrons. The average Bonchev–Trinajstić information content (AvgIpc) is 3.22. The van der Waals surface area contributed by atoms with Crippen molar-refractivity contribution >= 4 is 33.8 Å². The number of fused-ring (bicyclic) bond motifs is 2. The molecule has 0 saturated carbocycles. The van der Waals surface area contributed by atoms with Gasteiger partial charge in [0.25, 0.3) is 0 Å². The van der Waals surface area contributed by atoms with Crippen LogP contribution in [-0.4, -0.2) is 22.4 Å². The number of primary amides is 1. The van der Waals surface area contributed by atoms with Crippen molar-refractivity contribution in [2.24, 2.45) is 5.73 Å². The van der Waals surface area contributed by atoms with Crippen molar-refractivity contribution < 1.29 is 4.79 Å². The first kappa shape index (κ1) is 18.7. The molecular formula is C23H21N5OS. The van der Waals surface area contributed by atoms with E-state index >= 15 is 0 Å². The summed E-state index contributed by atoms with van der Waals surface area (Å²) in [5.74, 6) is 1.13. The Morgan fingerprint density at radius 1 is 1.10 bits per heavy atom. The first-order valence-corrected chi connectivity index (χ1v) is 10.8. The number of thiophene rings is 1. The Morgan fingerprint density at radius 3 is 2.80 bits per heavy atom. The summed E-state index contributed by atoms with van der Waals surface area (Å²) in [4.78, 5) is 22.5. The zero-order valence-electron chi connectivity index (χ0n) is 16.3. The van der Waals surface area contributed by atoms with Crippen molar-refractivity contribution in [2.45, 2.75) is 19.5 Å². The molecule has 1 amide bonds. The maximum absolute atomic E-state index is 11.8. The van der Waals surface area contributed by atoms with Crippen LogP contribution >= 0.6 is 11.3 Å². The van der Waals surface area contributed by atoms with Gasteiger partial charge in [-0.15, -0.1) is 11.3 Å². The molecule has 2 aromatic heterocycles. The monoisotopic (exact) mass is 415 g/mol. The lowest BCUT2D eigenvalue weighted by Crippen LogP contribution is -2.26. The summed E-state index contributed by atoms with van der Waals surface area (Å²) in [5.41, 5.74) is 9.48. The van der Waals surface area contributed by atoms with Gasteiger partial charge in [0.1, 0.15) is 5.82 Å². The second-order valence-corrected chi connectivity index (χ2v) is 8.16. The molecule has 1 aliphatic heterocycles. The highest BCUT2D eigenvalue weighted by atomic mass is 32.1.